The normalized spacial score (nSPS) is 11.9. The zero-order valence-corrected chi connectivity index (χ0v) is 13.7. The van der Waals surface area contributed by atoms with Crippen molar-refractivity contribution in [2.45, 2.75) is 39.7 Å². The van der Waals surface area contributed by atoms with Gasteiger partial charge in [-0.2, -0.15) is 0 Å². The third-order valence-corrected chi connectivity index (χ3v) is 3.24. The molecule has 0 aromatic heterocycles. The van der Waals surface area contributed by atoms with Gasteiger partial charge in [-0.15, -0.1) is 0 Å². The van der Waals surface area contributed by atoms with Gasteiger partial charge < -0.3 is 14.8 Å². The second-order valence-electron chi connectivity index (χ2n) is 5.58. The zero-order chi connectivity index (χ0) is 16.5. The third kappa shape index (κ3) is 6.16. The van der Waals surface area contributed by atoms with Crippen molar-refractivity contribution in [1.82, 2.24) is 5.32 Å². The smallest absolute Gasteiger partial charge is 0.328 e. The number of benzene rings is 1. The Morgan fingerprint density at radius 2 is 2.00 bits per heavy atom. The van der Waals surface area contributed by atoms with Crippen LogP contribution in [0.1, 0.15) is 32.3 Å². The topological polar surface area (TPSA) is 64.6 Å². The van der Waals surface area contributed by atoms with Gasteiger partial charge in [-0.3, -0.25) is 4.79 Å². The maximum absolute atomic E-state index is 11.9. The van der Waals surface area contributed by atoms with E-state index in [1.54, 1.807) is 0 Å². The van der Waals surface area contributed by atoms with Crippen molar-refractivity contribution >= 4 is 11.9 Å². The molecule has 0 aliphatic carbocycles. The summed E-state index contributed by atoms with van der Waals surface area (Å²) in [6.45, 7) is 6.19. The van der Waals surface area contributed by atoms with Crippen LogP contribution in [0.4, 0.5) is 0 Å². The number of amides is 1. The molecule has 1 aromatic carbocycles. The molecule has 0 bridgehead atoms. The predicted molar refractivity (Wildman–Crippen MR) is 84.7 cm³/mol. The Bertz CT molecular complexity index is 499. The molecule has 0 aliphatic rings. The first kappa shape index (κ1) is 18.0. The average Bonchev–Trinajstić information content (AvgIpc) is 2.48. The summed E-state index contributed by atoms with van der Waals surface area (Å²) in [6.07, 6.45) is 0.901. The summed E-state index contributed by atoms with van der Waals surface area (Å²) in [5.74, 6) is 0.200. The minimum Gasteiger partial charge on any atom is -0.494 e. The fourth-order valence-corrected chi connectivity index (χ4v) is 2.00. The lowest BCUT2D eigenvalue weighted by Gasteiger charge is -2.19. The summed E-state index contributed by atoms with van der Waals surface area (Å²) in [5.41, 5.74) is 1.13. The second kappa shape index (κ2) is 9.07. The van der Waals surface area contributed by atoms with Gasteiger partial charge in [0.2, 0.25) is 5.91 Å². The van der Waals surface area contributed by atoms with E-state index in [-0.39, 0.29) is 11.8 Å². The molecule has 1 aromatic rings. The highest BCUT2D eigenvalue weighted by Crippen LogP contribution is 2.12. The number of hydrogen-bond donors (Lipinski definition) is 1. The molecule has 1 N–H and O–H groups in total. The van der Waals surface area contributed by atoms with E-state index in [0.29, 0.717) is 19.4 Å². The number of rotatable bonds is 8. The van der Waals surface area contributed by atoms with Crippen molar-refractivity contribution in [3.8, 4) is 5.75 Å². The Balaban J connectivity index is 2.32. The number of carbonyl (C=O) groups is 2. The first-order valence-electron chi connectivity index (χ1n) is 7.50. The Labute approximate surface area is 132 Å². The molecule has 0 saturated carbocycles. The monoisotopic (exact) mass is 307 g/mol. The molecule has 5 nitrogen and oxygen atoms in total. The lowest BCUT2D eigenvalue weighted by atomic mass is 10.0. The predicted octanol–water partition coefficient (Wildman–Crippen LogP) is 2.47. The minimum atomic E-state index is -0.602. The fourth-order valence-electron chi connectivity index (χ4n) is 2.00. The summed E-state index contributed by atoms with van der Waals surface area (Å²) in [4.78, 5) is 23.4. The van der Waals surface area contributed by atoms with Crippen LogP contribution in [0.2, 0.25) is 0 Å². The highest BCUT2D eigenvalue weighted by atomic mass is 16.5. The summed E-state index contributed by atoms with van der Waals surface area (Å²) >= 11 is 0. The van der Waals surface area contributed by atoms with Crippen LogP contribution < -0.4 is 10.1 Å². The van der Waals surface area contributed by atoms with Gasteiger partial charge in [-0.1, -0.05) is 26.0 Å². The number of nitrogens with one attached hydrogen (secondary N) is 1. The third-order valence-electron chi connectivity index (χ3n) is 3.24. The standard InChI is InChI=1S/C17H25NO4/c1-12(2)16(17(20)21-4)18-15(19)9-6-10-22-14-8-5-7-13(3)11-14/h5,7-8,11-12,16H,6,9-10H2,1-4H3,(H,18,19). The molecule has 22 heavy (non-hydrogen) atoms. The van der Waals surface area contributed by atoms with Crippen LogP contribution in [-0.2, 0) is 14.3 Å². The maximum atomic E-state index is 11.9. The van der Waals surface area contributed by atoms with Gasteiger partial charge >= 0.3 is 5.97 Å². The van der Waals surface area contributed by atoms with Gasteiger partial charge in [0.1, 0.15) is 11.8 Å². The van der Waals surface area contributed by atoms with Gasteiger partial charge in [0.15, 0.2) is 0 Å². The van der Waals surface area contributed by atoms with E-state index >= 15 is 0 Å². The van der Waals surface area contributed by atoms with E-state index in [9.17, 15) is 9.59 Å². The van der Waals surface area contributed by atoms with Crippen molar-refractivity contribution < 1.29 is 19.1 Å². The number of hydrogen-bond acceptors (Lipinski definition) is 4. The van der Waals surface area contributed by atoms with Crippen LogP contribution in [0, 0.1) is 12.8 Å². The van der Waals surface area contributed by atoms with E-state index in [0.717, 1.165) is 11.3 Å². The molecule has 0 fully saturated rings. The lowest BCUT2D eigenvalue weighted by molar-refractivity contribution is -0.146. The van der Waals surface area contributed by atoms with Crippen LogP contribution in [0.15, 0.2) is 24.3 Å². The quantitative estimate of drug-likeness (QED) is 0.592. The van der Waals surface area contributed by atoms with Crippen LogP contribution in [0.25, 0.3) is 0 Å². The number of esters is 1. The largest absolute Gasteiger partial charge is 0.494 e. The molecule has 0 aliphatic heterocycles. The van der Waals surface area contributed by atoms with Crippen molar-refractivity contribution in [1.29, 1.82) is 0 Å². The first-order valence-corrected chi connectivity index (χ1v) is 7.50. The average molecular weight is 307 g/mol. The van der Waals surface area contributed by atoms with Gasteiger partial charge in [0, 0.05) is 6.42 Å². The van der Waals surface area contributed by atoms with Gasteiger partial charge in [0.05, 0.1) is 13.7 Å². The van der Waals surface area contributed by atoms with Crippen molar-refractivity contribution in [2.24, 2.45) is 5.92 Å². The van der Waals surface area contributed by atoms with E-state index in [2.05, 4.69) is 5.32 Å². The number of ether oxygens (including phenoxy) is 2. The first-order chi connectivity index (χ1) is 10.4. The van der Waals surface area contributed by atoms with E-state index in [4.69, 9.17) is 9.47 Å². The lowest BCUT2D eigenvalue weighted by Crippen LogP contribution is -2.45. The van der Waals surface area contributed by atoms with E-state index in [1.165, 1.54) is 7.11 Å². The molecule has 1 unspecified atom stereocenters. The van der Waals surface area contributed by atoms with Crippen LogP contribution in [0.3, 0.4) is 0 Å². The molecular weight excluding hydrogens is 282 g/mol. The molecule has 1 atom stereocenters. The number of aryl methyl sites for hydroxylation is 1. The highest BCUT2D eigenvalue weighted by molar-refractivity contribution is 5.84. The van der Waals surface area contributed by atoms with Crippen LogP contribution in [-0.4, -0.2) is 31.6 Å². The second-order valence-corrected chi connectivity index (χ2v) is 5.58. The summed E-state index contributed by atoms with van der Waals surface area (Å²) in [7, 11) is 1.32. The van der Waals surface area contributed by atoms with E-state index < -0.39 is 12.0 Å². The molecule has 122 valence electrons. The summed E-state index contributed by atoms with van der Waals surface area (Å²) < 4.78 is 10.3. The minimum absolute atomic E-state index is 0.0139. The number of methoxy groups -OCH3 is 1. The Morgan fingerprint density at radius 3 is 2.59 bits per heavy atom. The summed E-state index contributed by atoms with van der Waals surface area (Å²) in [6, 6.07) is 7.17. The van der Waals surface area contributed by atoms with E-state index in [1.807, 2.05) is 45.0 Å². The maximum Gasteiger partial charge on any atom is 0.328 e. The molecular formula is C17H25NO4. The fraction of sp³-hybridized carbons (Fsp3) is 0.529. The zero-order valence-electron chi connectivity index (χ0n) is 13.7. The molecule has 5 heteroatoms. The van der Waals surface area contributed by atoms with Gasteiger partial charge in [-0.25, -0.2) is 4.79 Å². The highest BCUT2D eigenvalue weighted by Gasteiger charge is 2.24. The Morgan fingerprint density at radius 1 is 1.27 bits per heavy atom. The van der Waals surface area contributed by atoms with Crippen molar-refractivity contribution in [2.75, 3.05) is 13.7 Å². The van der Waals surface area contributed by atoms with Crippen LogP contribution >= 0.6 is 0 Å². The molecule has 0 radical (unpaired) electrons. The number of carbonyl (C=O) groups excluding carboxylic acids is 2. The van der Waals surface area contributed by atoms with Crippen molar-refractivity contribution in [3.63, 3.8) is 0 Å². The molecule has 0 heterocycles. The Kier molecular flexibility index (Phi) is 7.43. The molecule has 1 amide bonds. The van der Waals surface area contributed by atoms with Crippen LogP contribution in [0.5, 0.6) is 5.75 Å². The van der Waals surface area contributed by atoms with Gasteiger partial charge in [-0.05, 0) is 37.0 Å². The molecule has 1 rings (SSSR count). The summed E-state index contributed by atoms with van der Waals surface area (Å²) in [5, 5.41) is 2.71. The van der Waals surface area contributed by atoms with Gasteiger partial charge in [0.25, 0.3) is 0 Å². The SMILES string of the molecule is COC(=O)C(NC(=O)CCCOc1cccc(C)c1)C(C)C. The van der Waals surface area contributed by atoms with Crippen molar-refractivity contribution in [3.05, 3.63) is 29.8 Å². The molecule has 0 saturated heterocycles. The molecule has 0 spiro atoms. The Hall–Kier alpha value is -2.04.